The number of non-ortho nitro benzene ring substituents is 1. The maximum absolute atomic E-state index is 12.2. The Bertz CT molecular complexity index is 536. The second kappa shape index (κ2) is 7.38. The van der Waals surface area contributed by atoms with Gasteiger partial charge in [-0.2, -0.15) is 0 Å². The van der Waals surface area contributed by atoms with Crippen LogP contribution in [-0.4, -0.2) is 23.4 Å². The number of hydrogen-bond donors (Lipinski definition) is 2. The van der Waals surface area contributed by atoms with Gasteiger partial charge in [-0.25, -0.2) is 0 Å². The van der Waals surface area contributed by atoms with Gasteiger partial charge in [-0.05, 0) is 43.9 Å². The first kappa shape index (κ1) is 17.4. The number of rotatable bonds is 4. The molecule has 1 amide bonds. The first-order chi connectivity index (χ1) is 9.52. The number of benzene rings is 1. The fourth-order valence-corrected chi connectivity index (χ4v) is 2.77. The number of amides is 1. The first-order valence-corrected chi connectivity index (χ1v) is 6.79. The van der Waals surface area contributed by atoms with Crippen molar-refractivity contribution in [1.29, 1.82) is 0 Å². The molecule has 0 bridgehead atoms. The molecule has 1 aromatic carbocycles. The number of halogens is 1. The lowest BCUT2D eigenvalue weighted by atomic mass is 10.0. The van der Waals surface area contributed by atoms with Crippen LogP contribution in [0.15, 0.2) is 18.2 Å². The van der Waals surface area contributed by atoms with E-state index in [0.717, 1.165) is 19.3 Å². The topological polar surface area (TPSA) is 98.3 Å². The maximum atomic E-state index is 12.2. The maximum Gasteiger partial charge on any atom is 0.269 e. The number of carbonyl (C=O) groups excluding carboxylic acids is 1. The predicted octanol–water partition coefficient (Wildman–Crippen LogP) is 2.18. The van der Waals surface area contributed by atoms with Crippen molar-refractivity contribution in [2.45, 2.75) is 32.2 Å². The Kier molecular flexibility index (Phi) is 6.11. The number of aryl methyl sites for hydroxylation is 1. The molecule has 1 aliphatic rings. The van der Waals surface area contributed by atoms with E-state index >= 15 is 0 Å². The summed E-state index contributed by atoms with van der Waals surface area (Å²) in [4.78, 5) is 22.5. The molecule has 21 heavy (non-hydrogen) atoms. The van der Waals surface area contributed by atoms with Crippen molar-refractivity contribution in [3.05, 3.63) is 39.4 Å². The number of hydrogen-bond acceptors (Lipinski definition) is 4. The molecule has 2 rings (SSSR count). The highest BCUT2D eigenvalue weighted by atomic mass is 35.5. The lowest BCUT2D eigenvalue weighted by molar-refractivity contribution is -0.384. The van der Waals surface area contributed by atoms with Crippen LogP contribution < -0.4 is 11.1 Å². The van der Waals surface area contributed by atoms with Crippen LogP contribution in [0, 0.1) is 23.0 Å². The molecule has 3 N–H and O–H groups in total. The molecule has 2 atom stereocenters. The van der Waals surface area contributed by atoms with Gasteiger partial charge in [0.25, 0.3) is 11.6 Å². The lowest BCUT2D eigenvalue weighted by Crippen LogP contribution is -2.40. The van der Waals surface area contributed by atoms with E-state index in [4.69, 9.17) is 5.73 Å². The fraction of sp³-hybridized carbons (Fsp3) is 0.500. The van der Waals surface area contributed by atoms with Crippen molar-refractivity contribution in [1.82, 2.24) is 5.32 Å². The SMILES string of the molecule is Cc1cc([N+](=O)[O-])ccc1C(=O)NC1CCCC1CN.Cl. The smallest absolute Gasteiger partial charge is 0.269 e. The Balaban J connectivity index is 0.00000220. The highest BCUT2D eigenvalue weighted by molar-refractivity contribution is 5.96. The molecule has 1 aromatic rings. The molecule has 1 fully saturated rings. The average Bonchev–Trinajstić information content (AvgIpc) is 2.85. The third-order valence-electron chi connectivity index (χ3n) is 3.94. The monoisotopic (exact) mass is 313 g/mol. The van der Waals surface area contributed by atoms with Crippen LogP contribution in [0.2, 0.25) is 0 Å². The van der Waals surface area contributed by atoms with E-state index in [0.29, 0.717) is 23.6 Å². The van der Waals surface area contributed by atoms with E-state index in [1.165, 1.54) is 18.2 Å². The van der Waals surface area contributed by atoms with Crippen LogP contribution in [-0.2, 0) is 0 Å². The lowest BCUT2D eigenvalue weighted by Gasteiger charge is -2.20. The van der Waals surface area contributed by atoms with Crippen molar-refractivity contribution in [3.63, 3.8) is 0 Å². The van der Waals surface area contributed by atoms with Crippen LogP contribution >= 0.6 is 12.4 Å². The van der Waals surface area contributed by atoms with E-state index < -0.39 is 4.92 Å². The number of carbonyl (C=O) groups is 1. The summed E-state index contributed by atoms with van der Waals surface area (Å²) >= 11 is 0. The molecule has 7 heteroatoms. The molecule has 1 saturated carbocycles. The summed E-state index contributed by atoms with van der Waals surface area (Å²) in [6.07, 6.45) is 3.06. The summed E-state index contributed by atoms with van der Waals surface area (Å²) in [5.41, 5.74) is 6.79. The number of nitrogens with zero attached hydrogens (tertiary/aromatic N) is 1. The van der Waals surface area contributed by atoms with Gasteiger partial charge in [0, 0.05) is 23.7 Å². The first-order valence-electron chi connectivity index (χ1n) is 6.79. The minimum atomic E-state index is -0.462. The molecule has 0 spiro atoms. The van der Waals surface area contributed by atoms with E-state index in [9.17, 15) is 14.9 Å². The molecule has 0 radical (unpaired) electrons. The summed E-state index contributed by atoms with van der Waals surface area (Å²) in [5, 5.41) is 13.7. The molecule has 0 aliphatic heterocycles. The van der Waals surface area contributed by atoms with Gasteiger partial charge in [0.05, 0.1) is 4.92 Å². The zero-order valence-electron chi connectivity index (χ0n) is 11.9. The van der Waals surface area contributed by atoms with Crippen molar-refractivity contribution in [2.24, 2.45) is 11.7 Å². The van der Waals surface area contributed by atoms with Gasteiger partial charge in [-0.3, -0.25) is 14.9 Å². The molecule has 0 heterocycles. The minimum Gasteiger partial charge on any atom is -0.349 e. The Morgan fingerprint density at radius 3 is 2.76 bits per heavy atom. The largest absolute Gasteiger partial charge is 0.349 e. The van der Waals surface area contributed by atoms with E-state index in [2.05, 4.69) is 5.32 Å². The van der Waals surface area contributed by atoms with Gasteiger partial charge >= 0.3 is 0 Å². The summed E-state index contributed by atoms with van der Waals surface area (Å²) in [7, 11) is 0. The van der Waals surface area contributed by atoms with Crippen LogP contribution in [0.1, 0.15) is 35.2 Å². The van der Waals surface area contributed by atoms with Gasteiger partial charge in [0.15, 0.2) is 0 Å². The van der Waals surface area contributed by atoms with Crippen molar-refractivity contribution < 1.29 is 9.72 Å². The standard InChI is InChI=1S/C14H19N3O3.ClH/c1-9-7-11(17(19)20)5-6-12(9)14(18)16-13-4-2-3-10(13)8-15;/h5-7,10,13H,2-4,8,15H2,1H3,(H,16,18);1H. The highest BCUT2D eigenvalue weighted by Crippen LogP contribution is 2.25. The highest BCUT2D eigenvalue weighted by Gasteiger charge is 2.28. The molecule has 1 aliphatic carbocycles. The second-order valence-electron chi connectivity index (χ2n) is 5.26. The van der Waals surface area contributed by atoms with Gasteiger partial charge in [-0.1, -0.05) is 6.42 Å². The molecule has 0 aromatic heterocycles. The molecule has 2 unspecified atom stereocenters. The van der Waals surface area contributed by atoms with Crippen LogP contribution in [0.25, 0.3) is 0 Å². The Hall–Kier alpha value is -1.66. The van der Waals surface area contributed by atoms with Crippen molar-refractivity contribution in [3.8, 4) is 0 Å². The van der Waals surface area contributed by atoms with Gasteiger partial charge in [-0.15, -0.1) is 12.4 Å². The summed E-state index contributed by atoms with van der Waals surface area (Å²) in [6.45, 7) is 2.28. The van der Waals surface area contributed by atoms with E-state index in [-0.39, 0.29) is 30.0 Å². The molecular formula is C14H20ClN3O3. The second-order valence-corrected chi connectivity index (χ2v) is 5.26. The Labute approximate surface area is 129 Å². The molecule has 6 nitrogen and oxygen atoms in total. The number of nitro groups is 1. The third kappa shape index (κ3) is 3.92. The summed E-state index contributed by atoms with van der Waals surface area (Å²) in [6, 6.07) is 4.40. The molecule has 116 valence electrons. The van der Waals surface area contributed by atoms with Crippen molar-refractivity contribution >= 4 is 24.0 Å². The normalized spacial score (nSPS) is 20.7. The zero-order chi connectivity index (χ0) is 14.7. The third-order valence-corrected chi connectivity index (χ3v) is 3.94. The fourth-order valence-electron chi connectivity index (χ4n) is 2.77. The van der Waals surface area contributed by atoms with E-state index in [1.54, 1.807) is 6.92 Å². The molecule has 0 saturated heterocycles. The summed E-state index contributed by atoms with van der Waals surface area (Å²) in [5.74, 6) is 0.153. The Morgan fingerprint density at radius 2 is 2.19 bits per heavy atom. The van der Waals surface area contributed by atoms with Crippen molar-refractivity contribution in [2.75, 3.05) is 6.54 Å². The zero-order valence-corrected chi connectivity index (χ0v) is 12.7. The van der Waals surface area contributed by atoms with Gasteiger partial charge in [0.2, 0.25) is 0 Å². The van der Waals surface area contributed by atoms with Crippen LogP contribution in [0.3, 0.4) is 0 Å². The van der Waals surface area contributed by atoms with Gasteiger partial charge in [0.1, 0.15) is 0 Å². The minimum absolute atomic E-state index is 0. The van der Waals surface area contributed by atoms with E-state index in [1.807, 2.05) is 0 Å². The predicted molar refractivity (Wildman–Crippen MR) is 82.7 cm³/mol. The summed E-state index contributed by atoms with van der Waals surface area (Å²) < 4.78 is 0. The Morgan fingerprint density at radius 1 is 1.48 bits per heavy atom. The van der Waals surface area contributed by atoms with Gasteiger partial charge < -0.3 is 11.1 Å². The van der Waals surface area contributed by atoms with Crippen LogP contribution in [0.5, 0.6) is 0 Å². The average molecular weight is 314 g/mol. The molecular weight excluding hydrogens is 294 g/mol. The number of nitrogens with one attached hydrogen (secondary N) is 1. The number of nitro benzene ring substituents is 1. The number of nitrogens with two attached hydrogens (primary N) is 1. The van der Waals surface area contributed by atoms with Crippen LogP contribution in [0.4, 0.5) is 5.69 Å². The quantitative estimate of drug-likeness (QED) is 0.657.